The maximum atomic E-state index is 11.2. The third-order valence-corrected chi connectivity index (χ3v) is 4.46. The summed E-state index contributed by atoms with van der Waals surface area (Å²) in [6, 6.07) is 7.40. The highest BCUT2D eigenvalue weighted by Gasteiger charge is 2.42. The number of carboxylic acids is 1. The molecule has 2 N–H and O–H groups in total. The maximum Gasteiger partial charge on any atom is 0.309 e. The van der Waals surface area contributed by atoms with Gasteiger partial charge in [0.15, 0.2) is 0 Å². The number of benzene rings is 1. The number of unbranched alkanes of at least 4 members (excludes halogenated alkanes) is 1. The molecule has 1 aliphatic rings. The summed E-state index contributed by atoms with van der Waals surface area (Å²) in [4.78, 5) is 13.1. The normalized spacial score (nSPS) is 21.2. The topological polar surface area (TPSA) is 52.6 Å². The lowest BCUT2D eigenvalue weighted by Crippen LogP contribution is -2.50. The number of para-hydroxylation sites is 1. The molecule has 6 heteroatoms. The van der Waals surface area contributed by atoms with E-state index < -0.39 is 11.6 Å². The predicted molar refractivity (Wildman–Crippen MR) is 90.1 cm³/mol. The summed E-state index contributed by atoms with van der Waals surface area (Å²) in [6.45, 7) is 4.13. The van der Waals surface area contributed by atoms with Crippen molar-refractivity contribution in [3.63, 3.8) is 0 Å². The number of aliphatic carboxylic acids is 1. The number of hydrogen-bond acceptors (Lipinski definition) is 3. The fraction of sp³-hybridized carbons (Fsp3) is 0.438. The van der Waals surface area contributed by atoms with E-state index in [9.17, 15) is 9.90 Å². The predicted octanol–water partition coefficient (Wildman–Crippen LogP) is 4.54. The molecule has 1 unspecified atom stereocenters. The van der Waals surface area contributed by atoms with Crippen molar-refractivity contribution in [2.75, 3.05) is 4.90 Å². The molecule has 1 aliphatic heterocycles. The van der Waals surface area contributed by atoms with Crippen molar-refractivity contribution < 1.29 is 9.90 Å². The number of nitrogens with zero attached hydrogens (tertiary/aromatic N) is 1. The van der Waals surface area contributed by atoms with Gasteiger partial charge in [0.25, 0.3) is 0 Å². The fourth-order valence-corrected chi connectivity index (χ4v) is 3.38. The van der Waals surface area contributed by atoms with E-state index in [1.54, 1.807) is 6.07 Å². The molecule has 1 aromatic rings. The van der Waals surface area contributed by atoms with Crippen molar-refractivity contribution in [2.45, 2.75) is 45.2 Å². The minimum absolute atomic E-state index is 0.154. The Kier molecular flexibility index (Phi) is 5.24. The molecule has 0 radical (unpaired) electrons. The van der Waals surface area contributed by atoms with Gasteiger partial charge >= 0.3 is 5.97 Å². The number of carbonyl (C=O) groups is 1. The van der Waals surface area contributed by atoms with Gasteiger partial charge < -0.3 is 15.3 Å². The van der Waals surface area contributed by atoms with Crippen LogP contribution in [0.25, 0.3) is 0 Å². The number of anilines is 1. The van der Waals surface area contributed by atoms with Crippen LogP contribution >= 0.6 is 23.2 Å². The Balaban J connectivity index is 2.47. The van der Waals surface area contributed by atoms with Gasteiger partial charge in [-0.25, -0.2) is 0 Å². The Bertz CT molecular complexity index is 604. The SMILES string of the molecule is CCCCC1(C)NC(Cl)=C(CC(=O)O)N1c1ccccc1Cl. The zero-order valence-electron chi connectivity index (χ0n) is 12.7. The second kappa shape index (κ2) is 6.80. The lowest BCUT2D eigenvalue weighted by atomic mass is 10.0. The Hall–Kier alpha value is -1.39. The quantitative estimate of drug-likeness (QED) is 0.745. The standard InChI is InChI=1S/C16H20Cl2N2O2/c1-3-4-9-16(2)19-15(18)13(10-14(21)22)20(16)12-8-6-5-7-11(12)17/h5-8,19H,3-4,9-10H2,1-2H3,(H,21,22). The molecule has 1 heterocycles. The minimum atomic E-state index is -0.924. The molecule has 1 aromatic carbocycles. The summed E-state index contributed by atoms with van der Waals surface area (Å²) >= 11 is 12.6. The molecule has 2 rings (SSSR count). The van der Waals surface area contributed by atoms with Crippen molar-refractivity contribution in [1.29, 1.82) is 0 Å². The molecule has 0 saturated heterocycles. The number of rotatable bonds is 6. The molecule has 4 nitrogen and oxygen atoms in total. The lowest BCUT2D eigenvalue weighted by molar-refractivity contribution is -0.136. The number of carboxylic acid groups (broad SMARTS) is 1. The average Bonchev–Trinajstić information content (AvgIpc) is 2.69. The monoisotopic (exact) mass is 342 g/mol. The highest BCUT2D eigenvalue weighted by atomic mass is 35.5. The Morgan fingerprint density at radius 2 is 2.05 bits per heavy atom. The average molecular weight is 343 g/mol. The number of nitrogens with one attached hydrogen (secondary N) is 1. The van der Waals surface area contributed by atoms with Gasteiger partial charge in [0.1, 0.15) is 10.8 Å². The summed E-state index contributed by atoms with van der Waals surface area (Å²) < 4.78 is 0. The van der Waals surface area contributed by atoms with Crippen LogP contribution in [0.15, 0.2) is 35.1 Å². The van der Waals surface area contributed by atoms with E-state index in [-0.39, 0.29) is 6.42 Å². The van der Waals surface area contributed by atoms with Crippen LogP contribution in [0.5, 0.6) is 0 Å². The van der Waals surface area contributed by atoms with E-state index in [0.717, 1.165) is 24.9 Å². The van der Waals surface area contributed by atoms with Gasteiger partial charge in [0, 0.05) is 0 Å². The molecule has 0 saturated carbocycles. The van der Waals surface area contributed by atoms with Crippen molar-refractivity contribution >= 4 is 34.9 Å². The molecule has 0 fully saturated rings. The van der Waals surface area contributed by atoms with Crippen LogP contribution in [0.1, 0.15) is 39.5 Å². The molecule has 0 aromatic heterocycles. The highest BCUT2D eigenvalue weighted by molar-refractivity contribution is 6.33. The smallest absolute Gasteiger partial charge is 0.309 e. The van der Waals surface area contributed by atoms with Gasteiger partial charge in [-0.2, -0.15) is 0 Å². The summed E-state index contributed by atoms with van der Waals surface area (Å²) in [5.41, 5.74) is 0.825. The Morgan fingerprint density at radius 3 is 2.64 bits per heavy atom. The summed E-state index contributed by atoms with van der Waals surface area (Å²) in [5.74, 6) is -0.924. The van der Waals surface area contributed by atoms with Crippen molar-refractivity contribution in [1.82, 2.24) is 5.32 Å². The second-order valence-electron chi connectivity index (χ2n) is 5.62. The van der Waals surface area contributed by atoms with Crippen molar-refractivity contribution in [3.05, 3.63) is 40.1 Å². The van der Waals surface area contributed by atoms with Crippen LogP contribution < -0.4 is 10.2 Å². The fourth-order valence-electron chi connectivity index (χ4n) is 2.80. The van der Waals surface area contributed by atoms with Crippen LogP contribution in [-0.4, -0.2) is 16.7 Å². The molecule has 1 atom stereocenters. The van der Waals surface area contributed by atoms with Gasteiger partial charge in [-0.3, -0.25) is 4.79 Å². The zero-order valence-corrected chi connectivity index (χ0v) is 14.2. The molecule has 22 heavy (non-hydrogen) atoms. The summed E-state index contributed by atoms with van der Waals surface area (Å²) in [6.07, 6.45) is 2.71. The van der Waals surface area contributed by atoms with Crippen LogP contribution in [0.3, 0.4) is 0 Å². The van der Waals surface area contributed by atoms with E-state index in [0.29, 0.717) is 15.9 Å². The molecule has 120 valence electrons. The zero-order chi connectivity index (χ0) is 16.3. The second-order valence-corrected chi connectivity index (χ2v) is 6.41. The molecular formula is C16H20Cl2N2O2. The highest BCUT2D eigenvalue weighted by Crippen LogP contribution is 2.42. The molecule has 0 spiro atoms. The van der Waals surface area contributed by atoms with E-state index in [1.807, 2.05) is 30.0 Å². The van der Waals surface area contributed by atoms with Crippen LogP contribution in [0.2, 0.25) is 5.02 Å². The summed E-state index contributed by atoms with van der Waals surface area (Å²) in [5, 5.41) is 13.4. The first-order valence-electron chi connectivity index (χ1n) is 7.32. The Morgan fingerprint density at radius 1 is 1.36 bits per heavy atom. The van der Waals surface area contributed by atoms with Gasteiger partial charge in [-0.05, 0) is 31.9 Å². The van der Waals surface area contributed by atoms with Gasteiger partial charge in [-0.15, -0.1) is 0 Å². The van der Waals surface area contributed by atoms with E-state index in [1.165, 1.54) is 0 Å². The largest absolute Gasteiger partial charge is 0.481 e. The number of hydrogen-bond donors (Lipinski definition) is 2. The van der Waals surface area contributed by atoms with Crippen LogP contribution in [0.4, 0.5) is 5.69 Å². The van der Waals surface area contributed by atoms with Crippen LogP contribution in [0, 0.1) is 0 Å². The van der Waals surface area contributed by atoms with Gasteiger partial charge in [-0.1, -0.05) is 48.7 Å². The maximum absolute atomic E-state index is 11.2. The molecule has 0 bridgehead atoms. The first kappa shape index (κ1) is 17.0. The van der Waals surface area contributed by atoms with E-state index in [4.69, 9.17) is 23.2 Å². The lowest BCUT2D eigenvalue weighted by Gasteiger charge is -2.39. The third kappa shape index (κ3) is 3.33. The van der Waals surface area contributed by atoms with Gasteiger partial charge in [0.2, 0.25) is 0 Å². The molecular weight excluding hydrogens is 323 g/mol. The van der Waals surface area contributed by atoms with Crippen molar-refractivity contribution in [2.24, 2.45) is 0 Å². The van der Waals surface area contributed by atoms with Crippen molar-refractivity contribution in [3.8, 4) is 0 Å². The Labute approximate surface area is 140 Å². The van der Waals surface area contributed by atoms with E-state index >= 15 is 0 Å². The minimum Gasteiger partial charge on any atom is -0.481 e. The summed E-state index contributed by atoms with van der Waals surface area (Å²) in [7, 11) is 0. The van der Waals surface area contributed by atoms with Gasteiger partial charge in [0.05, 0.1) is 22.8 Å². The molecule has 0 amide bonds. The number of halogens is 2. The molecule has 0 aliphatic carbocycles. The van der Waals surface area contributed by atoms with E-state index in [2.05, 4.69) is 12.2 Å². The first-order chi connectivity index (χ1) is 10.4. The van der Waals surface area contributed by atoms with Crippen LogP contribution in [-0.2, 0) is 4.79 Å². The third-order valence-electron chi connectivity index (χ3n) is 3.83. The first-order valence-corrected chi connectivity index (χ1v) is 8.08.